The lowest BCUT2D eigenvalue weighted by Crippen LogP contribution is -2.60. The van der Waals surface area contributed by atoms with Gasteiger partial charge in [-0.25, -0.2) is 9.90 Å². The molecule has 0 bridgehead atoms. The monoisotopic (exact) mass is 317 g/mol. The molecule has 1 aromatic carbocycles. The molecule has 2 heterocycles. The number of hydroxylamine groups is 2. The Labute approximate surface area is 138 Å². The first-order valence-corrected chi connectivity index (χ1v) is 8.82. The van der Waals surface area contributed by atoms with Crippen molar-refractivity contribution in [3.05, 3.63) is 35.4 Å². The first kappa shape index (κ1) is 16.5. The third kappa shape index (κ3) is 3.93. The van der Waals surface area contributed by atoms with Crippen LogP contribution in [0, 0.1) is 12.8 Å². The van der Waals surface area contributed by atoms with Gasteiger partial charge in [0, 0.05) is 13.0 Å². The molecule has 1 amide bonds. The molecule has 4 nitrogen and oxygen atoms in total. The van der Waals surface area contributed by atoms with Gasteiger partial charge in [0.05, 0.1) is 12.0 Å². The Bertz CT molecular complexity index is 522. The van der Waals surface area contributed by atoms with E-state index in [0.717, 1.165) is 45.1 Å². The van der Waals surface area contributed by atoms with Crippen molar-refractivity contribution < 1.29 is 14.4 Å². The molecule has 3 rings (SSSR count). The summed E-state index contributed by atoms with van der Waals surface area (Å²) in [5.74, 6) is 0.222. The number of amides is 1. The highest BCUT2D eigenvalue weighted by Gasteiger charge is 2.46. The number of hydrogen-bond acceptors (Lipinski definition) is 3. The standard InChI is InChI=1S/C19H27NO3/c1-14-9-11-16(12-10-14)6-5-7-17-15(2)20(19(17)21)23-18-8-3-4-13-22-18/h9-12,15,17-18H,3-8,13H2,1-2H3. The molecule has 0 spiro atoms. The van der Waals surface area contributed by atoms with Crippen LogP contribution < -0.4 is 0 Å². The zero-order valence-electron chi connectivity index (χ0n) is 14.2. The average Bonchev–Trinajstić information content (AvgIpc) is 2.59. The third-order valence-corrected chi connectivity index (χ3v) is 4.96. The van der Waals surface area contributed by atoms with Crippen molar-refractivity contribution in [2.45, 2.75) is 64.7 Å². The Hall–Kier alpha value is -1.39. The van der Waals surface area contributed by atoms with Crippen LogP contribution in [-0.4, -0.2) is 29.9 Å². The molecule has 2 saturated heterocycles. The summed E-state index contributed by atoms with van der Waals surface area (Å²) < 4.78 is 5.55. The zero-order chi connectivity index (χ0) is 16.2. The van der Waals surface area contributed by atoms with Gasteiger partial charge < -0.3 is 4.74 Å². The van der Waals surface area contributed by atoms with E-state index in [0.29, 0.717) is 0 Å². The second-order valence-electron chi connectivity index (χ2n) is 6.79. The number of rotatable bonds is 6. The zero-order valence-corrected chi connectivity index (χ0v) is 14.2. The lowest BCUT2D eigenvalue weighted by Gasteiger charge is -2.45. The summed E-state index contributed by atoms with van der Waals surface area (Å²) in [6, 6.07) is 8.80. The predicted molar refractivity (Wildman–Crippen MR) is 88.6 cm³/mol. The van der Waals surface area contributed by atoms with Crippen LogP contribution in [0.5, 0.6) is 0 Å². The molecule has 0 saturated carbocycles. The van der Waals surface area contributed by atoms with E-state index in [2.05, 4.69) is 38.1 Å². The van der Waals surface area contributed by atoms with Crippen LogP contribution in [0.25, 0.3) is 0 Å². The molecule has 3 atom stereocenters. The van der Waals surface area contributed by atoms with E-state index in [4.69, 9.17) is 9.57 Å². The first-order valence-electron chi connectivity index (χ1n) is 8.82. The Kier molecular flexibility index (Phi) is 5.34. The molecule has 0 N–H and O–H groups in total. The van der Waals surface area contributed by atoms with Gasteiger partial charge in [0.25, 0.3) is 5.91 Å². The SMILES string of the molecule is Cc1ccc(CCCC2C(=O)N(OC3CCCCO3)C2C)cc1. The van der Waals surface area contributed by atoms with E-state index in [1.54, 1.807) is 0 Å². The molecule has 4 heteroatoms. The van der Waals surface area contributed by atoms with E-state index in [9.17, 15) is 4.79 Å². The van der Waals surface area contributed by atoms with Crippen molar-refractivity contribution in [2.75, 3.05) is 6.61 Å². The van der Waals surface area contributed by atoms with E-state index >= 15 is 0 Å². The van der Waals surface area contributed by atoms with Gasteiger partial charge in [0.15, 0.2) is 6.29 Å². The second-order valence-corrected chi connectivity index (χ2v) is 6.79. The molecule has 2 fully saturated rings. The molecule has 2 aliphatic heterocycles. The summed E-state index contributed by atoms with van der Waals surface area (Å²) in [6.07, 6.45) is 5.85. The van der Waals surface area contributed by atoms with Gasteiger partial charge in [-0.3, -0.25) is 4.79 Å². The number of carbonyl (C=O) groups is 1. The van der Waals surface area contributed by atoms with Gasteiger partial charge in [0.2, 0.25) is 0 Å². The molecule has 3 unspecified atom stereocenters. The molecule has 126 valence electrons. The van der Waals surface area contributed by atoms with Gasteiger partial charge in [0.1, 0.15) is 0 Å². The summed E-state index contributed by atoms with van der Waals surface area (Å²) in [7, 11) is 0. The molecule has 1 aromatic rings. The second kappa shape index (κ2) is 7.45. The van der Waals surface area contributed by atoms with E-state index in [-0.39, 0.29) is 24.2 Å². The minimum atomic E-state index is -0.233. The molecular weight excluding hydrogens is 290 g/mol. The Morgan fingerprint density at radius 3 is 2.70 bits per heavy atom. The number of benzene rings is 1. The number of ether oxygens (including phenoxy) is 1. The van der Waals surface area contributed by atoms with Gasteiger partial charge in [-0.15, -0.1) is 0 Å². The topological polar surface area (TPSA) is 38.8 Å². The Morgan fingerprint density at radius 1 is 1.26 bits per heavy atom. The maximum atomic E-state index is 12.3. The molecule has 23 heavy (non-hydrogen) atoms. The van der Waals surface area contributed by atoms with Crippen molar-refractivity contribution >= 4 is 5.91 Å². The third-order valence-electron chi connectivity index (χ3n) is 4.96. The van der Waals surface area contributed by atoms with Crippen molar-refractivity contribution in [3.63, 3.8) is 0 Å². The quantitative estimate of drug-likeness (QED) is 0.752. The van der Waals surface area contributed by atoms with Crippen molar-refractivity contribution in [2.24, 2.45) is 5.92 Å². The fraction of sp³-hybridized carbons (Fsp3) is 0.632. The van der Waals surface area contributed by atoms with Crippen LogP contribution in [-0.2, 0) is 20.8 Å². The van der Waals surface area contributed by atoms with Crippen LogP contribution in [0.15, 0.2) is 24.3 Å². The highest BCUT2D eigenvalue weighted by atomic mass is 16.8. The first-order chi connectivity index (χ1) is 11.1. The highest BCUT2D eigenvalue weighted by Crippen LogP contribution is 2.32. The maximum absolute atomic E-state index is 12.3. The number of β-lactam (4-membered cyclic amide) rings is 1. The maximum Gasteiger partial charge on any atom is 0.251 e. The van der Waals surface area contributed by atoms with Crippen LogP contribution in [0.4, 0.5) is 0 Å². The molecule has 2 aliphatic rings. The molecule has 0 aromatic heterocycles. The number of hydrogen-bond donors (Lipinski definition) is 0. The van der Waals surface area contributed by atoms with Gasteiger partial charge >= 0.3 is 0 Å². The summed E-state index contributed by atoms with van der Waals surface area (Å²) in [4.78, 5) is 18.0. The smallest absolute Gasteiger partial charge is 0.251 e. The lowest BCUT2D eigenvalue weighted by molar-refractivity contribution is -0.316. The molecule has 0 radical (unpaired) electrons. The van der Waals surface area contributed by atoms with Gasteiger partial charge in [-0.2, -0.15) is 0 Å². The minimum Gasteiger partial charge on any atom is -0.350 e. The Morgan fingerprint density at radius 2 is 2.04 bits per heavy atom. The highest BCUT2D eigenvalue weighted by molar-refractivity contribution is 5.84. The number of carbonyl (C=O) groups excluding carboxylic acids is 1. The molecular formula is C19H27NO3. The van der Waals surface area contributed by atoms with E-state index in [1.807, 2.05) is 0 Å². The van der Waals surface area contributed by atoms with Crippen LogP contribution >= 0.6 is 0 Å². The van der Waals surface area contributed by atoms with E-state index in [1.165, 1.54) is 16.2 Å². The summed E-state index contributed by atoms with van der Waals surface area (Å²) in [6.45, 7) is 4.91. The Balaban J connectivity index is 1.41. The fourth-order valence-electron chi connectivity index (χ4n) is 3.37. The number of aryl methyl sites for hydroxylation is 2. The van der Waals surface area contributed by atoms with Gasteiger partial charge in [-0.05, 0) is 51.5 Å². The predicted octanol–water partition coefficient (Wildman–Crippen LogP) is 3.62. The van der Waals surface area contributed by atoms with Gasteiger partial charge in [-0.1, -0.05) is 29.8 Å². The summed E-state index contributed by atoms with van der Waals surface area (Å²) >= 11 is 0. The van der Waals surface area contributed by atoms with Crippen LogP contribution in [0.3, 0.4) is 0 Å². The summed E-state index contributed by atoms with van der Waals surface area (Å²) in [5.41, 5.74) is 2.63. The largest absolute Gasteiger partial charge is 0.350 e. The van der Waals surface area contributed by atoms with Crippen molar-refractivity contribution in [3.8, 4) is 0 Å². The average molecular weight is 317 g/mol. The normalized spacial score (nSPS) is 27.8. The van der Waals surface area contributed by atoms with Crippen LogP contribution in [0.1, 0.15) is 50.2 Å². The van der Waals surface area contributed by atoms with Crippen molar-refractivity contribution in [1.82, 2.24) is 5.06 Å². The van der Waals surface area contributed by atoms with E-state index < -0.39 is 0 Å². The lowest BCUT2D eigenvalue weighted by atomic mass is 9.86. The van der Waals surface area contributed by atoms with Crippen molar-refractivity contribution in [1.29, 1.82) is 0 Å². The minimum absolute atomic E-state index is 0.101. The summed E-state index contributed by atoms with van der Waals surface area (Å²) in [5, 5.41) is 1.53. The van der Waals surface area contributed by atoms with Crippen LogP contribution in [0.2, 0.25) is 0 Å². The number of nitrogens with zero attached hydrogens (tertiary/aromatic N) is 1. The molecule has 0 aliphatic carbocycles. The fourth-order valence-corrected chi connectivity index (χ4v) is 3.37.